The van der Waals surface area contributed by atoms with Crippen molar-refractivity contribution >= 4 is 39.6 Å². The summed E-state index contributed by atoms with van der Waals surface area (Å²) < 4.78 is 63.3. The van der Waals surface area contributed by atoms with E-state index in [1.165, 1.54) is 30.3 Å². The van der Waals surface area contributed by atoms with Crippen molar-refractivity contribution in [3.05, 3.63) is 69.2 Å². The van der Waals surface area contributed by atoms with Crippen LogP contribution in [0.2, 0.25) is 10.0 Å². The number of nitrogens with zero attached hydrogens (tertiary/aromatic N) is 1. The number of rotatable bonds is 4. The van der Waals surface area contributed by atoms with Crippen molar-refractivity contribution in [1.29, 1.82) is 0 Å². The van der Waals surface area contributed by atoms with Crippen LogP contribution in [0.25, 0.3) is 0 Å². The van der Waals surface area contributed by atoms with Gasteiger partial charge in [0, 0.05) is 22.0 Å². The predicted molar refractivity (Wildman–Crippen MR) is 96.9 cm³/mol. The Morgan fingerprint density at radius 1 is 1.07 bits per heavy atom. The Kier molecular flexibility index (Phi) is 5.42. The molecular weight excluding hydrogens is 426 g/mol. The summed E-state index contributed by atoms with van der Waals surface area (Å²) in [5.74, 6) is -0.147. The summed E-state index contributed by atoms with van der Waals surface area (Å²) >= 11 is 11.7. The third kappa shape index (κ3) is 4.07. The SMILES string of the molecule is O=[SH](=O)Cc1ccc(C2=NOC(c3cc(Cl)cc(Cl)c3)(C(F)(F)F)C2)cc1. The molecule has 1 unspecified atom stereocenters. The van der Waals surface area contributed by atoms with Gasteiger partial charge >= 0.3 is 6.18 Å². The molecule has 0 amide bonds. The quantitative estimate of drug-likeness (QED) is 0.706. The topological polar surface area (TPSA) is 55.7 Å². The van der Waals surface area contributed by atoms with E-state index in [1.807, 2.05) is 0 Å². The number of benzene rings is 2. The Morgan fingerprint density at radius 2 is 1.67 bits per heavy atom. The number of oxime groups is 1. The van der Waals surface area contributed by atoms with Gasteiger partial charge in [-0.3, -0.25) is 0 Å². The first-order valence-corrected chi connectivity index (χ1v) is 9.72. The molecule has 0 bridgehead atoms. The van der Waals surface area contributed by atoms with Crippen LogP contribution in [0.4, 0.5) is 13.2 Å². The maximum atomic E-state index is 13.9. The van der Waals surface area contributed by atoms with Crippen molar-refractivity contribution in [2.24, 2.45) is 5.16 Å². The Hall–Kier alpha value is -1.77. The zero-order chi connectivity index (χ0) is 19.8. The molecule has 2 aromatic rings. The molecule has 10 heteroatoms. The van der Waals surface area contributed by atoms with E-state index in [9.17, 15) is 21.6 Å². The van der Waals surface area contributed by atoms with Crippen molar-refractivity contribution in [3.8, 4) is 0 Å². The molecule has 27 heavy (non-hydrogen) atoms. The molecular formula is C17H12Cl2F3NO3S. The molecule has 3 rings (SSSR count). The Labute approximate surface area is 164 Å². The van der Waals surface area contributed by atoms with E-state index in [0.717, 1.165) is 12.1 Å². The highest BCUT2D eigenvalue weighted by atomic mass is 35.5. The minimum absolute atomic E-state index is 0.0502. The fraction of sp³-hybridized carbons (Fsp3) is 0.235. The van der Waals surface area contributed by atoms with Gasteiger partial charge in [-0.15, -0.1) is 0 Å². The molecule has 0 N–H and O–H groups in total. The maximum absolute atomic E-state index is 13.9. The average Bonchev–Trinajstić information content (AvgIpc) is 3.00. The fourth-order valence-corrected chi connectivity index (χ4v) is 3.83. The Morgan fingerprint density at radius 3 is 2.19 bits per heavy atom. The number of alkyl halides is 3. The van der Waals surface area contributed by atoms with Gasteiger partial charge in [-0.2, -0.15) is 13.2 Å². The monoisotopic (exact) mass is 437 g/mol. The van der Waals surface area contributed by atoms with Gasteiger partial charge in [0.05, 0.1) is 11.5 Å². The minimum Gasteiger partial charge on any atom is -0.374 e. The molecule has 1 aliphatic heterocycles. The lowest BCUT2D eigenvalue weighted by Gasteiger charge is -2.29. The van der Waals surface area contributed by atoms with Crippen LogP contribution < -0.4 is 0 Å². The summed E-state index contributed by atoms with van der Waals surface area (Å²) in [6.07, 6.45) is -5.34. The number of hydrogen-bond acceptors (Lipinski definition) is 4. The zero-order valence-corrected chi connectivity index (χ0v) is 15.9. The maximum Gasteiger partial charge on any atom is 0.435 e. The van der Waals surface area contributed by atoms with Gasteiger partial charge in [0.25, 0.3) is 5.60 Å². The Balaban J connectivity index is 1.95. The second-order valence-corrected chi connectivity index (χ2v) is 7.83. The minimum atomic E-state index is -4.77. The van der Waals surface area contributed by atoms with Crippen molar-refractivity contribution in [1.82, 2.24) is 0 Å². The second-order valence-electron chi connectivity index (χ2n) is 5.98. The van der Waals surface area contributed by atoms with Crippen LogP contribution in [0.3, 0.4) is 0 Å². The fourth-order valence-electron chi connectivity index (χ4n) is 2.80. The number of halogens is 5. The van der Waals surface area contributed by atoms with Crippen molar-refractivity contribution < 1.29 is 26.4 Å². The highest BCUT2D eigenvalue weighted by Crippen LogP contribution is 2.49. The molecule has 0 aromatic heterocycles. The molecule has 0 saturated heterocycles. The largest absolute Gasteiger partial charge is 0.435 e. The first-order chi connectivity index (χ1) is 12.6. The van der Waals surface area contributed by atoms with Crippen LogP contribution in [0.15, 0.2) is 47.6 Å². The summed E-state index contributed by atoms with van der Waals surface area (Å²) in [5, 5.41) is 3.74. The molecule has 4 nitrogen and oxygen atoms in total. The van der Waals surface area contributed by atoms with Crippen molar-refractivity contribution in [3.63, 3.8) is 0 Å². The van der Waals surface area contributed by atoms with E-state index in [-0.39, 0.29) is 27.1 Å². The lowest BCUT2D eigenvalue weighted by atomic mass is 9.86. The summed E-state index contributed by atoms with van der Waals surface area (Å²) in [6, 6.07) is 9.68. The molecule has 0 fully saturated rings. The lowest BCUT2D eigenvalue weighted by Crippen LogP contribution is -2.42. The molecule has 0 saturated carbocycles. The van der Waals surface area contributed by atoms with Gasteiger partial charge in [0.1, 0.15) is 10.7 Å². The molecule has 1 heterocycles. The first kappa shape index (κ1) is 20.0. The van der Waals surface area contributed by atoms with Crippen LogP contribution >= 0.6 is 23.2 Å². The van der Waals surface area contributed by atoms with E-state index in [1.54, 1.807) is 0 Å². The highest BCUT2D eigenvalue weighted by molar-refractivity contribution is 7.71. The van der Waals surface area contributed by atoms with E-state index < -0.39 is 28.9 Å². The van der Waals surface area contributed by atoms with Crippen LogP contribution in [0.5, 0.6) is 0 Å². The molecule has 0 spiro atoms. The second kappa shape index (κ2) is 7.33. The number of thiol groups is 1. The molecule has 0 radical (unpaired) electrons. The van der Waals surface area contributed by atoms with E-state index in [2.05, 4.69) is 5.16 Å². The zero-order valence-electron chi connectivity index (χ0n) is 13.5. The van der Waals surface area contributed by atoms with Gasteiger partial charge in [-0.05, 0) is 29.3 Å². The summed E-state index contributed by atoms with van der Waals surface area (Å²) in [4.78, 5) is 4.91. The van der Waals surface area contributed by atoms with E-state index in [4.69, 9.17) is 28.0 Å². The van der Waals surface area contributed by atoms with Gasteiger partial charge < -0.3 is 4.84 Å². The smallest absolute Gasteiger partial charge is 0.374 e. The van der Waals surface area contributed by atoms with Gasteiger partial charge in [0.2, 0.25) is 0 Å². The lowest BCUT2D eigenvalue weighted by molar-refractivity contribution is -0.275. The van der Waals surface area contributed by atoms with Gasteiger partial charge in [-0.25, -0.2) is 8.42 Å². The van der Waals surface area contributed by atoms with Crippen LogP contribution in [0.1, 0.15) is 23.1 Å². The van der Waals surface area contributed by atoms with Crippen LogP contribution in [-0.2, 0) is 26.9 Å². The van der Waals surface area contributed by atoms with Crippen molar-refractivity contribution in [2.45, 2.75) is 24.0 Å². The van der Waals surface area contributed by atoms with E-state index in [0.29, 0.717) is 11.1 Å². The first-order valence-electron chi connectivity index (χ1n) is 7.60. The standard InChI is InChI=1S/C17H12Cl2F3NO3S/c18-13-5-12(6-14(19)7-13)16(17(20,21)22)8-15(23-26-16)11-3-1-10(2-4-11)9-27(24)25/h1-7,27H,8-9H2. The normalized spacial score (nSPS) is 19.9. The van der Waals surface area contributed by atoms with Gasteiger partial charge in [-0.1, -0.05) is 52.6 Å². The number of hydrogen-bond donors (Lipinski definition) is 1. The van der Waals surface area contributed by atoms with Crippen molar-refractivity contribution in [2.75, 3.05) is 0 Å². The third-order valence-electron chi connectivity index (χ3n) is 4.11. The molecule has 144 valence electrons. The van der Waals surface area contributed by atoms with Gasteiger partial charge in [0.15, 0.2) is 0 Å². The average molecular weight is 438 g/mol. The third-order valence-corrected chi connectivity index (χ3v) is 5.17. The highest BCUT2D eigenvalue weighted by Gasteiger charge is 2.62. The molecule has 1 atom stereocenters. The Bertz CT molecular complexity index is 946. The molecule has 2 aromatic carbocycles. The molecule has 1 aliphatic rings. The summed E-state index contributed by atoms with van der Waals surface area (Å²) in [7, 11) is -2.59. The molecule has 0 aliphatic carbocycles. The summed E-state index contributed by atoms with van der Waals surface area (Å²) in [5.41, 5.74) is -1.93. The van der Waals surface area contributed by atoms with Crippen LogP contribution in [-0.4, -0.2) is 20.3 Å². The summed E-state index contributed by atoms with van der Waals surface area (Å²) in [6.45, 7) is 0. The van der Waals surface area contributed by atoms with Crippen LogP contribution in [0, 0.1) is 0 Å². The van der Waals surface area contributed by atoms with E-state index >= 15 is 0 Å². The predicted octanol–water partition coefficient (Wildman–Crippen LogP) is 4.69.